The van der Waals surface area contributed by atoms with E-state index < -0.39 is 0 Å². The van der Waals surface area contributed by atoms with Crippen LogP contribution in [0, 0.1) is 13.8 Å². The van der Waals surface area contributed by atoms with Gasteiger partial charge < -0.3 is 10.6 Å². The summed E-state index contributed by atoms with van der Waals surface area (Å²) < 4.78 is 1.15. The number of carbonyl (C=O) groups is 1. The van der Waals surface area contributed by atoms with E-state index in [0.29, 0.717) is 6.54 Å². The molecule has 0 aliphatic carbocycles. The smallest absolute Gasteiger partial charge is 0.221 e. The second-order valence-electron chi connectivity index (χ2n) is 4.72. The molecule has 0 aliphatic heterocycles. The molecular formula is C15H17BrN2OS. The second kappa shape index (κ2) is 6.41. The summed E-state index contributed by atoms with van der Waals surface area (Å²) in [5.41, 5.74) is 4.40. The number of thiophene rings is 1. The summed E-state index contributed by atoms with van der Waals surface area (Å²) in [6, 6.07) is 6.16. The molecule has 0 aliphatic rings. The number of anilines is 2. The Labute approximate surface area is 131 Å². The largest absolute Gasteiger partial charge is 0.380 e. The summed E-state index contributed by atoms with van der Waals surface area (Å²) in [6.07, 6.45) is 0. The lowest BCUT2D eigenvalue weighted by Crippen LogP contribution is -2.08. The van der Waals surface area contributed by atoms with Gasteiger partial charge in [-0.3, -0.25) is 4.79 Å². The molecule has 0 saturated carbocycles. The van der Waals surface area contributed by atoms with Gasteiger partial charge >= 0.3 is 0 Å². The number of hydrogen-bond donors (Lipinski definition) is 2. The molecule has 3 nitrogen and oxygen atoms in total. The fourth-order valence-corrected chi connectivity index (χ4v) is 3.01. The van der Waals surface area contributed by atoms with E-state index in [1.54, 1.807) is 11.3 Å². The number of rotatable bonds is 4. The van der Waals surface area contributed by atoms with Crippen LogP contribution in [0.25, 0.3) is 0 Å². The van der Waals surface area contributed by atoms with Crippen molar-refractivity contribution in [3.63, 3.8) is 0 Å². The molecule has 0 fully saturated rings. The summed E-state index contributed by atoms with van der Waals surface area (Å²) in [6.45, 7) is 6.39. The molecule has 0 spiro atoms. The van der Waals surface area contributed by atoms with E-state index in [4.69, 9.17) is 0 Å². The van der Waals surface area contributed by atoms with Crippen LogP contribution < -0.4 is 10.6 Å². The number of nitrogens with one attached hydrogen (secondary N) is 2. The number of benzene rings is 1. The van der Waals surface area contributed by atoms with E-state index in [0.717, 1.165) is 20.7 Å². The standard InChI is InChI=1S/C15H17BrN2OS/c1-9-6-12(7-10(2)15(9)16)17-8-14-13(4-5-20-14)18-11(3)19/h4-7,17H,8H2,1-3H3,(H,18,19). The van der Waals surface area contributed by atoms with Crippen LogP contribution >= 0.6 is 27.3 Å². The van der Waals surface area contributed by atoms with Crippen molar-refractivity contribution in [2.45, 2.75) is 27.3 Å². The van der Waals surface area contributed by atoms with Gasteiger partial charge in [0.05, 0.1) is 12.2 Å². The van der Waals surface area contributed by atoms with Gasteiger partial charge in [0.15, 0.2) is 0 Å². The van der Waals surface area contributed by atoms with Crippen molar-refractivity contribution in [3.05, 3.63) is 44.1 Å². The fraction of sp³-hybridized carbons (Fsp3) is 0.267. The van der Waals surface area contributed by atoms with Crippen LogP contribution in [0.15, 0.2) is 28.1 Å². The van der Waals surface area contributed by atoms with Crippen molar-refractivity contribution >= 4 is 44.5 Å². The molecular weight excluding hydrogens is 336 g/mol. The van der Waals surface area contributed by atoms with Crippen LogP contribution in [0.4, 0.5) is 11.4 Å². The lowest BCUT2D eigenvalue weighted by molar-refractivity contribution is -0.114. The van der Waals surface area contributed by atoms with Gasteiger partial charge in [-0.1, -0.05) is 15.9 Å². The predicted octanol–water partition coefficient (Wildman–Crippen LogP) is 4.70. The first-order valence-electron chi connectivity index (χ1n) is 6.32. The lowest BCUT2D eigenvalue weighted by Gasteiger charge is -2.11. The van der Waals surface area contributed by atoms with E-state index in [-0.39, 0.29) is 5.91 Å². The van der Waals surface area contributed by atoms with Crippen molar-refractivity contribution in [3.8, 4) is 0 Å². The maximum atomic E-state index is 11.1. The molecule has 1 amide bonds. The Morgan fingerprint density at radius 1 is 1.30 bits per heavy atom. The third kappa shape index (κ3) is 3.61. The zero-order valence-electron chi connectivity index (χ0n) is 11.7. The second-order valence-corrected chi connectivity index (χ2v) is 6.51. The van der Waals surface area contributed by atoms with E-state index in [1.807, 2.05) is 11.4 Å². The first-order valence-corrected chi connectivity index (χ1v) is 7.99. The Morgan fingerprint density at radius 2 is 1.95 bits per heavy atom. The summed E-state index contributed by atoms with van der Waals surface area (Å²) in [4.78, 5) is 12.3. The van der Waals surface area contributed by atoms with Crippen molar-refractivity contribution in [1.82, 2.24) is 0 Å². The van der Waals surface area contributed by atoms with Gasteiger partial charge in [-0.05, 0) is 48.6 Å². The highest BCUT2D eigenvalue weighted by atomic mass is 79.9. The zero-order valence-corrected chi connectivity index (χ0v) is 14.1. The Balaban J connectivity index is 2.09. The molecule has 20 heavy (non-hydrogen) atoms. The monoisotopic (exact) mass is 352 g/mol. The third-order valence-corrected chi connectivity index (χ3v) is 5.12. The number of halogens is 1. The SMILES string of the molecule is CC(=O)Nc1ccsc1CNc1cc(C)c(Br)c(C)c1. The molecule has 2 rings (SSSR count). The minimum absolute atomic E-state index is 0.0417. The minimum Gasteiger partial charge on any atom is -0.380 e. The van der Waals surface area contributed by atoms with Crippen LogP contribution in [0.5, 0.6) is 0 Å². The highest BCUT2D eigenvalue weighted by Gasteiger charge is 2.07. The van der Waals surface area contributed by atoms with Gasteiger partial charge in [-0.2, -0.15) is 0 Å². The van der Waals surface area contributed by atoms with Crippen molar-refractivity contribution < 1.29 is 4.79 Å². The van der Waals surface area contributed by atoms with Crippen molar-refractivity contribution in [2.75, 3.05) is 10.6 Å². The van der Waals surface area contributed by atoms with E-state index in [9.17, 15) is 4.79 Å². The molecule has 0 radical (unpaired) electrons. The molecule has 1 heterocycles. The normalized spacial score (nSPS) is 10.4. The van der Waals surface area contributed by atoms with Crippen molar-refractivity contribution in [2.24, 2.45) is 0 Å². The molecule has 0 unspecified atom stereocenters. The molecule has 0 bridgehead atoms. The average Bonchev–Trinajstić information content (AvgIpc) is 2.79. The van der Waals surface area contributed by atoms with Crippen LogP contribution in [0.3, 0.4) is 0 Å². The maximum Gasteiger partial charge on any atom is 0.221 e. The van der Waals surface area contributed by atoms with Crippen LogP contribution in [0.1, 0.15) is 22.9 Å². The fourth-order valence-electron chi connectivity index (χ4n) is 2.01. The highest BCUT2D eigenvalue weighted by molar-refractivity contribution is 9.10. The molecule has 106 valence electrons. The summed E-state index contributed by atoms with van der Waals surface area (Å²) >= 11 is 5.20. The number of hydrogen-bond acceptors (Lipinski definition) is 3. The van der Waals surface area contributed by atoms with Crippen LogP contribution in [-0.4, -0.2) is 5.91 Å². The highest BCUT2D eigenvalue weighted by Crippen LogP contribution is 2.27. The van der Waals surface area contributed by atoms with Gasteiger partial charge in [0.25, 0.3) is 0 Å². The number of amides is 1. The Hall–Kier alpha value is -1.33. The van der Waals surface area contributed by atoms with Gasteiger partial charge in [0.1, 0.15) is 0 Å². The van der Waals surface area contributed by atoms with Gasteiger partial charge in [-0.15, -0.1) is 11.3 Å². The number of carbonyl (C=O) groups excluding carboxylic acids is 1. The molecule has 2 N–H and O–H groups in total. The molecule has 1 aromatic carbocycles. The molecule has 0 saturated heterocycles. The van der Waals surface area contributed by atoms with Gasteiger partial charge in [0.2, 0.25) is 5.91 Å². The lowest BCUT2D eigenvalue weighted by atomic mass is 10.1. The molecule has 1 aromatic heterocycles. The zero-order chi connectivity index (χ0) is 14.7. The maximum absolute atomic E-state index is 11.1. The minimum atomic E-state index is -0.0417. The van der Waals surface area contributed by atoms with E-state index >= 15 is 0 Å². The molecule has 0 atom stereocenters. The van der Waals surface area contributed by atoms with Crippen LogP contribution in [-0.2, 0) is 11.3 Å². The summed E-state index contributed by atoms with van der Waals surface area (Å²) in [5, 5.41) is 8.24. The average molecular weight is 353 g/mol. The van der Waals surface area contributed by atoms with Gasteiger partial charge in [-0.25, -0.2) is 0 Å². The third-order valence-electron chi connectivity index (χ3n) is 2.95. The van der Waals surface area contributed by atoms with Gasteiger partial charge in [0, 0.05) is 22.0 Å². The molecule has 2 aromatic rings. The quantitative estimate of drug-likeness (QED) is 0.837. The topological polar surface area (TPSA) is 41.1 Å². The predicted molar refractivity (Wildman–Crippen MR) is 89.6 cm³/mol. The van der Waals surface area contributed by atoms with Crippen LogP contribution in [0.2, 0.25) is 0 Å². The first kappa shape index (κ1) is 15.1. The first-order chi connectivity index (χ1) is 9.47. The Kier molecular flexibility index (Phi) is 4.83. The summed E-state index contributed by atoms with van der Waals surface area (Å²) in [7, 11) is 0. The van der Waals surface area contributed by atoms with Crippen molar-refractivity contribution in [1.29, 1.82) is 0 Å². The Bertz CT molecular complexity index is 614. The summed E-state index contributed by atoms with van der Waals surface area (Å²) in [5.74, 6) is -0.0417. The van der Waals surface area contributed by atoms with E-state index in [2.05, 4.69) is 52.5 Å². The Morgan fingerprint density at radius 3 is 2.55 bits per heavy atom. The van der Waals surface area contributed by atoms with E-state index in [1.165, 1.54) is 18.1 Å². The number of aryl methyl sites for hydroxylation is 2. The molecule has 5 heteroatoms.